The molecule has 1 aliphatic heterocycles. The number of hydrogen-bond acceptors (Lipinski definition) is 4. The van der Waals surface area contributed by atoms with E-state index < -0.39 is 32.5 Å². The lowest BCUT2D eigenvalue weighted by Gasteiger charge is -2.35. The Hall–Kier alpha value is -2.35. The second kappa shape index (κ2) is 7.82. The van der Waals surface area contributed by atoms with Gasteiger partial charge in [0, 0.05) is 31.2 Å². The summed E-state index contributed by atoms with van der Waals surface area (Å²) >= 11 is 5.73. The normalized spacial score (nSPS) is 15.9. The van der Waals surface area contributed by atoms with Crippen molar-refractivity contribution in [2.75, 3.05) is 31.1 Å². The predicted octanol–water partition coefficient (Wildman–Crippen LogP) is 3.88. The highest BCUT2D eigenvalue weighted by Crippen LogP contribution is 2.37. The molecule has 0 unspecified atom stereocenters. The summed E-state index contributed by atoms with van der Waals surface area (Å²) < 4.78 is 80.6. The SMILES string of the molecule is N#Cc1ccc(N2CCN(S(=O)(=O)c3cc(Cl)ccc3C(F)(F)F)CC2)c(F)c1. The van der Waals surface area contributed by atoms with Crippen molar-refractivity contribution in [3.63, 3.8) is 0 Å². The number of piperazine rings is 1. The first-order valence-corrected chi connectivity index (χ1v) is 10.2. The minimum atomic E-state index is -4.86. The van der Waals surface area contributed by atoms with Gasteiger partial charge in [-0.15, -0.1) is 0 Å². The van der Waals surface area contributed by atoms with E-state index in [1.54, 1.807) is 4.90 Å². The number of benzene rings is 2. The molecule has 11 heteroatoms. The summed E-state index contributed by atoms with van der Waals surface area (Å²) in [6, 6.07) is 8.13. The molecule has 0 amide bonds. The van der Waals surface area contributed by atoms with Crippen LogP contribution in [0, 0.1) is 17.1 Å². The molecule has 154 valence electrons. The smallest absolute Gasteiger partial charge is 0.367 e. The van der Waals surface area contributed by atoms with Crippen LogP contribution in [-0.2, 0) is 16.2 Å². The van der Waals surface area contributed by atoms with Gasteiger partial charge in [-0.1, -0.05) is 11.6 Å². The fraction of sp³-hybridized carbons (Fsp3) is 0.278. The van der Waals surface area contributed by atoms with Gasteiger partial charge in [0.15, 0.2) is 0 Å². The van der Waals surface area contributed by atoms with Gasteiger partial charge in [-0.2, -0.15) is 22.7 Å². The lowest BCUT2D eigenvalue weighted by Crippen LogP contribution is -2.49. The molecule has 1 fully saturated rings. The number of halogens is 5. The zero-order valence-corrected chi connectivity index (χ0v) is 16.3. The van der Waals surface area contributed by atoms with Crippen molar-refractivity contribution in [2.45, 2.75) is 11.1 Å². The summed E-state index contributed by atoms with van der Waals surface area (Å²) in [5.41, 5.74) is -0.949. The van der Waals surface area contributed by atoms with Crippen molar-refractivity contribution in [3.05, 3.63) is 58.4 Å². The molecule has 1 aliphatic rings. The fourth-order valence-electron chi connectivity index (χ4n) is 3.09. The topological polar surface area (TPSA) is 64.4 Å². The Morgan fingerprint density at radius 2 is 1.69 bits per heavy atom. The third kappa shape index (κ3) is 4.32. The minimum Gasteiger partial charge on any atom is -0.367 e. The molecule has 3 rings (SSSR count). The van der Waals surface area contributed by atoms with Crippen LogP contribution in [0.15, 0.2) is 41.3 Å². The molecule has 1 saturated heterocycles. The molecule has 0 aliphatic carbocycles. The van der Waals surface area contributed by atoms with Crippen molar-refractivity contribution in [1.82, 2.24) is 4.31 Å². The van der Waals surface area contributed by atoms with Crippen LogP contribution in [0.25, 0.3) is 0 Å². The van der Waals surface area contributed by atoms with Crippen LogP contribution in [0.3, 0.4) is 0 Å². The van der Waals surface area contributed by atoms with Gasteiger partial charge in [0.05, 0.1) is 27.8 Å². The summed E-state index contributed by atoms with van der Waals surface area (Å²) in [4.78, 5) is 0.668. The molecule has 0 radical (unpaired) electrons. The molecular weight excluding hydrogens is 434 g/mol. The molecule has 0 atom stereocenters. The minimum absolute atomic E-state index is 0.0734. The van der Waals surface area contributed by atoms with E-state index in [2.05, 4.69) is 0 Å². The molecule has 2 aromatic rings. The fourth-order valence-corrected chi connectivity index (χ4v) is 4.98. The Labute approximate surface area is 169 Å². The van der Waals surface area contributed by atoms with Crippen molar-refractivity contribution in [1.29, 1.82) is 5.26 Å². The standard InChI is InChI=1S/C18H14ClF4N3O2S/c19-13-2-3-14(18(21,22)23)17(10-13)29(27,28)26-7-5-25(6-8-26)16-4-1-12(11-24)9-15(16)20/h1-4,9-10H,5-8H2. The number of rotatable bonds is 3. The number of anilines is 1. The van der Waals surface area contributed by atoms with E-state index >= 15 is 0 Å². The van der Waals surface area contributed by atoms with E-state index in [1.165, 1.54) is 12.1 Å². The van der Waals surface area contributed by atoms with E-state index in [0.29, 0.717) is 6.07 Å². The highest BCUT2D eigenvalue weighted by atomic mass is 35.5. The number of hydrogen-bond donors (Lipinski definition) is 0. The van der Waals surface area contributed by atoms with Gasteiger partial charge >= 0.3 is 6.18 Å². The average Bonchev–Trinajstić information content (AvgIpc) is 2.67. The maximum atomic E-state index is 14.2. The lowest BCUT2D eigenvalue weighted by atomic mass is 10.2. The molecule has 1 heterocycles. The van der Waals surface area contributed by atoms with E-state index in [9.17, 15) is 26.0 Å². The molecular formula is C18H14ClF4N3O2S. The molecule has 2 aromatic carbocycles. The molecule has 0 saturated carbocycles. The van der Waals surface area contributed by atoms with E-state index in [0.717, 1.165) is 22.5 Å². The highest BCUT2D eigenvalue weighted by molar-refractivity contribution is 7.89. The van der Waals surface area contributed by atoms with Crippen LogP contribution in [0.2, 0.25) is 5.02 Å². The van der Waals surface area contributed by atoms with Crippen molar-refractivity contribution in [3.8, 4) is 6.07 Å². The lowest BCUT2D eigenvalue weighted by molar-refractivity contribution is -0.139. The molecule has 0 N–H and O–H groups in total. The predicted molar refractivity (Wildman–Crippen MR) is 98.5 cm³/mol. The maximum absolute atomic E-state index is 14.2. The Balaban J connectivity index is 1.84. The molecule has 5 nitrogen and oxygen atoms in total. The first kappa shape index (κ1) is 21.4. The Morgan fingerprint density at radius 1 is 1.03 bits per heavy atom. The maximum Gasteiger partial charge on any atom is 0.417 e. The number of nitriles is 1. The van der Waals surface area contributed by atoms with Crippen LogP contribution < -0.4 is 4.90 Å². The van der Waals surface area contributed by atoms with Gasteiger partial charge < -0.3 is 4.90 Å². The first-order valence-electron chi connectivity index (χ1n) is 8.35. The highest BCUT2D eigenvalue weighted by Gasteiger charge is 2.40. The van der Waals surface area contributed by atoms with Crippen LogP contribution in [0.5, 0.6) is 0 Å². The van der Waals surface area contributed by atoms with Gasteiger partial charge in [0.25, 0.3) is 0 Å². The Kier molecular flexibility index (Phi) is 5.76. The molecule has 0 spiro atoms. The summed E-state index contributed by atoms with van der Waals surface area (Å²) in [5, 5.41) is 8.67. The Morgan fingerprint density at radius 3 is 2.24 bits per heavy atom. The summed E-state index contributed by atoms with van der Waals surface area (Å²) in [5.74, 6) is -0.630. The van der Waals surface area contributed by atoms with Crippen molar-refractivity contribution >= 4 is 27.3 Å². The average molecular weight is 448 g/mol. The van der Waals surface area contributed by atoms with E-state index in [-0.39, 0.29) is 42.5 Å². The molecule has 0 bridgehead atoms. The monoisotopic (exact) mass is 447 g/mol. The van der Waals surface area contributed by atoms with Crippen LogP contribution in [-0.4, -0.2) is 38.9 Å². The Bertz CT molecular complexity index is 1080. The summed E-state index contributed by atoms with van der Waals surface area (Å²) in [6.45, 7) is -0.120. The van der Waals surface area contributed by atoms with Gasteiger partial charge in [-0.25, -0.2) is 12.8 Å². The van der Waals surface area contributed by atoms with E-state index in [4.69, 9.17) is 16.9 Å². The summed E-state index contributed by atoms with van der Waals surface area (Å²) in [6.07, 6.45) is -4.86. The van der Waals surface area contributed by atoms with Crippen LogP contribution >= 0.6 is 11.6 Å². The van der Waals surface area contributed by atoms with Gasteiger partial charge in [0.2, 0.25) is 10.0 Å². The second-order valence-corrected chi connectivity index (χ2v) is 8.65. The zero-order chi connectivity index (χ0) is 21.4. The zero-order valence-electron chi connectivity index (χ0n) is 14.7. The number of alkyl halides is 3. The number of sulfonamides is 1. The van der Waals surface area contributed by atoms with E-state index in [1.807, 2.05) is 6.07 Å². The molecule has 29 heavy (non-hydrogen) atoms. The van der Waals surface area contributed by atoms with Gasteiger partial charge in [0.1, 0.15) is 5.82 Å². The third-order valence-electron chi connectivity index (χ3n) is 4.52. The first-order chi connectivity index (χ1) is 13.5. The third-order valence-corrected chi connectivity index (χ3v) is 6.70. The van der Waals surface area contributed by atoms with Crippen molar-refractivity contribution < 1.29 is 26.0 Å². The van der Waals surface area contributed by atoms with Gasteiger partial charge in [-0.3, -0.25) is 0 Å². The molecule has 0 aromatic heterocycles. The van der Waals surface area contributed by atoms with Crippen molar-refractivity contribution in [2.24, 2.45) is 0 Å². The van der Waals surface area contributed by atoms with Crippen LogP contribution in [0.4, 0.5) is 23.2 Å². The van der Waals surface area contributed by atoms with Crippen LogP contribution in [0.1, 0.15) is 11.1 Å². The second-order valence-electron chi connectivity index (χ2n) is 6.31. The van der Waals surface area contributed by atoms with Gasteiger partial charge in [-0.05, 0) is 36.4 Å². The number of nitrogens with zero attached hydrogens (tertiary/aromatic N) is 3. The quantitative estimate of drug-likeness (QED) is 0.670. The largest absolute Gasteiger partial charge is 0.417 e. The summed E-state index contributed by atoms with van der Waals surface area (Å²) in [7, 11) is -4.46.